The van der Waals surface area contributed by atoms with Gasteiger partial charge in [0.2, 0.25) is 5.91 Å². The molecule has 2 aromatic carbocycles. The second-order valence-electron chi connectivity index (χ2n) is 6.94. The van der Waals surface area contributed by atoms with Gasteiger partial charge in [-0.25, -0.2) is 0 Å². The Balaban J connectivity index is 1.84. The first-order valence-corrected chi connectivity index (χ1v) is 10.4. The number of hydrogen-bond acceptors (Lipinski definition) is 6. The minimum Gasteiger partial charge on any atom is -0.395 e. The number of hydrogen-bond donors (Lipinski definition) is 3. The van der Waals surface area contributed by atoms with E-state index in [9.17, 15) is 14.4 Å². The van der Waals surface area contributed by atoms with Crippen LogP contribution in [0.2, 0.25) is 0 Å². The van der Waals surface area contributed by atoms with Crippen LogP contribution in [0.25, 0.3) is 0 Å². The highest BCUT2D eigenvalue weighted by atomic mass is 32.1. The molecular formula is C22H23N5O3S. The number of anilines is 1. The van der Waals surface area contributed by atoms with E-state index >= 15 is 0 Å². The maximum atomic E-state index is 13.3. The van der Waals surface area contributed by atoms with Crippen LogP contribution >= 0.6 is 11.5 Å². The molecule has 0 aliphatic heterocycles. The first-order chi connectivity index (χ1) is 14.9. The van der Waals surface area contributed by atoms with Gasteiger partial charge in [-0.2, -0.15) is 4.37 Å². The van der Waals surface area contributed by atoms with Gasteiger partial charge >= 0.3 is 0 Å². The van der Waals surface area contributed by atoms with Crippen LogP contribution in [-0.4, -0.2) is 33.0 Å². The van der Waals surface area contributed by atoms with E-state index in [4.69, 9.17) is 11.5 Å². The predicted molar refractivity (Wildman–Crippen MR) is 119 cm³/mol. The topological polar surface area (TPSA) is 131 Å². The van der Waals surface area contributed by atoms with E-state index in [-0.39, 0.29) is 28.7 Å². The molecule has 0 aliphatic rings. The van der Waals surface area contributed by atoms with Gasteiger partial charge in [0.05, 0.1) is 5.69 Å². The van der Waals surface area contributed by atoms with Gasteiger partial charge in [-0.05, 0) is 29.6 Å². The Morgan fingerprint density at radius 1 is 1.03 bits per heavy atom. The standard InChI is InChI=1S/C22H23N5O3S/c1-14(21(29)25-12-15-8-4-2-5-9-15)27(13-16-10-6-3-7-11-16)22(30)19-17(23)18(20(24)28)26-31-19/h2-11,14H,12-13,23H2,1H3,(H2,24,28)(H,25,29). The molecule has 31 heavy (non-hydrogen) atoms. The van der Waals surface area contributed by atoms with Crippen LogP contribution in [0.3, 0.4) is 0 Å². The molecule has 3 amide bonds. The molecule has 0 fully saturated rings. The second kappa shape index (κ2) is 9.86. The molecule has 0 radical (unpaired) electrons. The zero-order chi connectivity index (χ0) is 22.4. The van der Waals surface area contributed by atoms with Crippen LogP contribution in [0.15, 0.2) is 60.7 Å². The normalized spacial score (nSPS) is 11.5. The summed E-state index contributed by atoms with van der Waals surface area (Å²) >= 11 is 0.792. The summed E-state index contributed by atoms with van der Waals surface area (Å²) in [5, 5.41) is 2.86. The molecule has 0 saturated heterocycles. The fourth-order valence-corrected chi connectivity index (χ4v) is 3.76. The molecule has 1 unspecified atom stereocenters. The van der Waals surface area contributed by atoms with Crippen LogP contribution in [0.1, 0.15) is 38.2 Å². The molecule has 160 valence electrons. The van der Waals surface area contributed by atoms with Crippen LogP contribution in [-0.2, 0) is 17.9 Å². The number of carbonyl (C=O) groups excluding carboxylic acids is 3. The molecule has 0 saturated carbocycles. The number of amides is 3. The lowest BCUT2D eigenvalue weighted by atomic mass is 10.1. The predicted octanol–water partition coefficient (Wildman–Crippen LogP) is 2.17. The number of nitrogen functional groups attached to an aromatic ring is 1. The average Bonchev–Trinajstić information content (AvgIpc) is 3.18. The number of rotatable bonds is 8. The lowest BCUT2D eigenvalue weighted by molar-refractivity contribution is -0.125. The van der Waals surface area contributed by atoms with Crippen LogP contribution in [0, 0.1) is 0 Å². The van der Waals surface area contributed by atoms with E-state index < -0.39 is 17.9 Å². The Bertz CT molecular complexity index is 1070. The lowest BCUT2D eigenvalue weighted by Gasteiger charge is -2.28. The molecule has 3 rings (SSSR count). The number of benzene rings is 2. The number of aromatic nitrogens is 1. The minimum absolute atomic E-state index is 0.0718. The smallest absolute Gasteiger partial charge is 0.270 e. The maximum Gasteiger partial charge on any atom is 0.270 e. The summed E-state index contributed by atoms with van der Waals surface area (Å²) in [6.07, 6.45) is 0. The molecule has 5 N–H and O–H groups in total. The zero-order valence-electron chi connectivity index (χ0n) is 16.9. The number of nitrogens with two attached hydrogens (primary N) is 2. The largest absolute Gasteiger partial charge is 0.395 e. The van der Waals surface area contributed by atoms with Gasteiger partial charge in [0.25, 0.3) is 11.8 Å². The van der Waals surface area contributed by atoms with Crippen LogP contribution in [0.4, 0.5) is 5.69 Å². The SMILES string of the molecule is CC(C(=O)NCc1ccccc1)N(Cc1ccccc1)C(=O)c1snc(C(N)=O)c1N. The van der Waals surface area contributed by atoms with Gasteiger partial charge in [-0.3, -0.25) is 14.4 Å². The fraction of sp³-hybridized carbons (Fsp3) is 0.182. The molecule has 0 spiro atoms. The monoisotopic (exact) mass is 437 g/mol. The number of primary amides is 1. The molecule has 1 aromatic heterocycles. The van der Waals surface area contributed by atoms with E-state index in [1.54, 1.807) is 6.92 Å². The van der Waals surface area contributed by atoms with Gasteiger partial charge in [-0.1, -0.05) is 60.7 Å². The Morgan fingerprint density at radius 3 is 2.16 bits per heavy atom. The van der Waals surface area contributed by atoms with Gasteiger partial charge in [-0.15, -0.1) is 0 Å². The summed E-state index contributed by atoms with van der Waals surface area (Å²) in [4.78, 5) is 39.1. The Hall–Kier alpha value is -3.72. The summed E-state index contributed by atoms with van der Waals surface area (Å²) in [6.45, 7) is 2.17. The zero-order valence-corrected chi connectivity index (χ0v) is 17.8. The van der Waals surface area contributed by atoms with Crippen molar-refractivity contribution in [3.05, 3.63) is 82.4 Å². The third-order valence-corrected chi connectivity index (χ3v) is 5.62. The lowest BCUT2D eigenvalue weighted by Crippen LogP contribution is -2.47. The first-order valence-electron chi connectivity index (χ1n) is 9.60. The minimum atomic E-state index is -0.809. The number of nitrogens with zero attached hydrogens (tertiary/aromatic N) is 2. The van der Waals surface area contributed by atoms with Crippen molar-refractivity contribution in [3.63, 3.8) is 0 Å². The van der Waals surface area contributed by atoms with Crippen molar-refractivity contribution in [2.45, 2.75) is 26.1 Å². The molecule has 9 heteroatoms. The third-order valence-electron chi connectivity index (χ3n) is 4.77. The van der Waals surface area contributed by atoms with Crippen molar-refractivity contribution in [1.82, 2.24) is 14.6 Å². The molecule has 0 aliphatic carbocycles. The third kappa shape index (κ3) is 5.26. The van der Waals surface area contributed by atoms with Gasteiger partial charge < -0.3 is 21.7 Å². The van der Waals surface area contributed by atoms with Crippen molar-refractivity contribution in [1.29, 1.82) is 0 Å². The Morgan fingerprint density at radius 2 is 1.61 bits per heavy atom. The van der Waals surface area contributed by atoms with E-state index in [1.165, 1.54) is 4.90 Å². The molecule has 3 aromatic rings. The van der Waals surface area contributed by atoms with E-state index in [2.05, 4.69) is 9.69 Å². The summed E-state index contributed by atoms with van der Waals surface area (Å²) in [5.74, 6) is -1.61. The summed E-state index contributed by atoms with van der Waals surface area (Å²) in [7, 11) is 0. The van der Waals surface area contributed by atoms with Crippen molar-refractivity contribution in [2.24, 2.45) is 5.73 Å². The van der Waals surface area contributed by atoms with E-state index in [0.717, 1.165) is 22.7 Å². The van der Waals surface area contributed by atoms with Crippen molar-refractivity contribution < 1.29 is 14.4 Å². The fourth-order valence-electron chi connectivity index (χ4n) is 3.00. The number of nitrogens with one attached hydrogen (secondary N) is 1. The average molecular weight is 438 g/mol. The number of carbonyl (C=O) groups is 3. The highest BCUT2D eigenvalue weighted by Gasteiger charge is 2.31. The van der Waals surface area contributed by atoms with E-state index in [0.29, 0.717) is 6.54 Å². The Labute approximate surface area is 184 Å². The van der Waals surface area contributed by atoms with Crippen molar-refractivity contribution in [2.75, 3.05) is 5.73 Å². The molecular weight excluding hydrogens is 414 g/mol. The first kappa shape index (κ1) is 22.0. The molecule has 8 nitrogen and oxygen atoms in total. The molecule has 1 heterocycles. The molecule has 0 bridgehead atoms. The molecule has 1 atom stereocenters. The van der Waals surface area contributed by atoms with Crippen LogP contribution in [0.5, 0.6) is 0 Å². The summed E-state index contributed by atoms with van der Waals surface area (Å²) in [5.41, 5.74) is 12.8. The second-order valence-corrected chi connectivity index (χ2v) is 7.71. The van der Waals surface area contributed by atoms with Crippen LogP contribution < -0.4 is 16.8 Å². The highest BCUT2D eigenvalue weighted by Crippen LogP contribution is 2.25. The van der Waals surface area contributed by atoms with Crippen molar-refractivity contribution >= 4 is 34.9 Å². The Kier molecular flexibility index (Phi) is 6.99. The summed E-state index contributed by atoms with van der Waals surface area (Å²) in [6, 6.07) is 18.0. The summed E-state index contributed by atoms with van der Waals surface area (Å²) < 4.78 is 3.90. The van der Waals surface area contributed by atoms with Gasteiger partial charge in [0.15, 0.2) is 5.69 Å². The van der Waals surface area contributed by atoms with E-state index in [1.807, 2.05) is 60.7 Å². The maximum absolute atomic E-state index is 13.3. The van der Waals surface area contributed by atoms with Gasteiger partial charge in [0.1, 0.15) is 10.9 Å². The van der Waals surface area contributed by atoms with Gasteiger partial charge in [0, 0.05) is 13.1 Å². The van der Waals surface area contributed by atoms with Crippen molar-refractivity contribution in [3.8, 4) is 0 Å². The highest BCUT2D eigenvalue weighted by molar-refractivity contribution is 7.09. The quantitative estimate of drug-likeness (QED) is 0.497.